The average Bonchev–Trinajstić information content (AvgIpc) is 2.86. The fraction of sp³-hybridized carbons (Fsp3) is 0.538. The van der Waals surface area contributed by atoms with Gasteiger partial charge in [-0.15, -0.1) is 0 Å². The van der Waals surface area contributed by atoms with E-state index in [0.717, 1.165) is 5.69 Å². The van der Waals surface area contributed by atoms with Crippen LogP contribution in [0.25, 0.3) is 0 Å². The molecule has 116 valence electrons. The van der Waals surface area contributed by atoms with Crippen molar-refractivity contribution < 1.29 is 24.6 Å². The van der Waals surface area contributed by atoms with Crippen molar-refractivity contribution in [1.82, 2.24) is 15.1 Å². The number of nitrogens with zero attached hydrogens (tertiary/aromatic N) is 2. The molecule has 0 aliphatic heterocycles. The zero-order chi connectivity index (χ0) is 16.0. The smallest absolute Gasteiger partial charge is 0.326 e. The second-order valence-electron chi connectivity index (χ2n) is 4.49. The molecule has 1 aromatic rings. The first-order valence-corrected chi connectivity index (χ1v) is 6.71. The Bertz CT molecular complexity index is 538. The van der Waals surface area contributed by atoms with Gasteiger partial charge in [0.2, 0.25) is 0 Å². The van der Waals surface area contributed by atoms with E-state index in [9.17, 15) is 14.4 Å². The molecule has 1 aromatic heterocycles. The number of rotatable bonds is 8. The van der Waals surface area contributed by atoms with E-state index >= 15 is 0 Å². The van der Waals surface area contributed by atoms with Crippen molar-refractivity contribution in [3.8, 4) is 0 Å². The molecule has 0 fully saturated rings. The number of carbonyl (C=O) groups excluding carboxylic acids is 1. The third kappa shape index (κ3) is 4.59. The maximum absolute atomic E-state index is 12.1. The zero-order valence-electron chi connectivity index (χ0n) is 12.0. The number of amides is 1. The predicted molar refractivity (Wildman–Crippen MR) is 73.0 cm³/mol. The summed E-state index contributed by atoms with van der Waals surface area (Å²) in [6, 6.07) is 0.369. The molecule has 8 heteroatoms. The lowest BCUT2D eigenvalue weighted by atomic mass is 10.1. The molecule has 0 saturated heterocycles. The summed E-state index contributed by atoms with van der Waals surface area (Å²) >= 11 is 0. The maximum Gasteiger partial charge on any atom is 0.326 e. The molecule has 1 atom stereocenters. The number of aromatic nitrogens is 2. The van der Waals surface area contributed by atoms with Crippen LogP contribution in [-0.2, 0) is 22.6 Å². The highest BCUT2D eigenvalue weighted by Gasteiger charge is 2.23. The molecular weight excluding hydrogens is 278 g/mol. The molecule has 0 aliphatic carbocycles. The summed E-state index contributed by atoms with van der Waals surface area (Å²) in [6.45, 7) is 4.20. The summed E-state index contributed by atoms with van der Waals surface area (Å²) in [5.41, 5.74) is 1.01. The van der Waals surface area contributed by atoms with Crippen LogP contribution in [0, 0.1) is 0 Å². The summed E-state index contributed by atoms with van der Waals surface area (Å²) in [5.74, 6) is -2.94. The summed E-state index contributed by atoms with van der Waals surface area (Å²) in [5, 5.41) is 24.2. The van der Waals surface area contributed by atoms with Crippen molar-refractivity contribution in [3.05, 3.63) is 17.5 Å². The van der Waals surface area contributed by atoms with Crippen molar-refractivity contribution in [2.75, 3.05) is 0 Å². The van der Waals surface area contributed by atoms with Gasteiger partial charge in [-0.3, -0.25) is 14.3 Å². The van der Waals surface area contributed by atoms with Crippen molar-refractivity contribution in [3.63, 3.8) is 0 Å². The van der Waals surface area contributed by atoms with Crippen LogP contribution in [-0.4, -0.2) is 43.9 Å². The molecule has 1 amide bonds. The summed E-state index contributed by atoms with van der Waals surface area (Å²) < 4.78 is 1.49. The van der Waals surface area contributed by atoms with Gasteiger partial charge >= 0.3 is 11.9 Å². The standard InChI is InChI=1S/C13H19N3O5/c1-3-8-7-10(16(4-2)15-8)12(19)14-9(13(20)21)5-6-11(17)18/h7,9H,3-6H2,1-2H3,(H,14,19)(H,17,18)(H,20,21)/t9-/m0/s1. The normalized spacial score (nSPS) is 11.9. The Kier molecular flexibility index (Phi) is 5.89. The van der Waals surface area contributed by atoms with E-state index in [1.165, 1.54) is 4.68 Å². The topological polar surface area (TPSA) is 122 Å². The lowest BCUT2D eigenvalue weighted by Gasteiger charge is -2.13. The molecule has 0 bridgehead atoms. The Hall–Kier alpha value is -2.38. The highest BCUT2D eigenvalue weighted by Crippen LogP contribution is 2.07. The van der Waals surface area contributed by atoms with E-state index in [-0.39, 0.29) is 18.5 Å². The lowest BCUT2D eigenvalue weighted by molar-refractivity contribution is -0.140. The second kappa shape index (κ2) is 7.41. The minimum absolute atomic E-state index is 0.169. The van der Waals surface area contributed by atoms with Gasteiger partial charge in [0, 0.05) is 13.0 Å². The number of carboxylic acid groups (broad SMARTS) is 2. The van der Waals surface area contributed by atoms with Gasteiger partial charge in [0.15, 0.2) is 0 Å². The van der Waals surface area contributed by atoms with Crippen LogP contribution in [0.15, 0.2) is 6.07 Å². The van der Waals surface area contributed by atoms with Gasteiger partial charge in [-0.25, -0.2) is 4.79 Å². The van der Waals surface area contributed by atoms with Crippen LogP contribution in [0.1, 0.15) is 42.9 Å². The van der Waals surface area contributed by atoms with Gasteiger partial charge in [0.25, 0.3) is 5.91 Å². The molecule has 1 heterocycles. The Morgan fingerprint density at radius 2 is 2.00 bits per heavy atom. The summed E-state index contributed by atoms with van der Waals surface area (Å²) in [4.78, 5) is 33.7. The van der Waals surface area contributed by atoms with E-state index in [2.05, 4.69) is 10.4 Å². The van der Waals surface area contributed by atoms with Crippen LogP contribution < -0.4 is 5.32 Å². The Morgan fingerprint density at radius 3 is 2.48 bits per heavy atom. The molecule has 0 unspecified atom stereocenters. The van der Waals surface area contributed by atoms with Crippen LogP contribution in [0.3, 0.4) is 0 Å². The quantitative estimate of drug-likeness (QED) is 0.643. The number of carbonyl (C=O) groups is 3. The highest BCUT2D eigenvalue weighted by molar-refractivity contribution is 5.95. The van der Waals surface area contributed by atoms with Gasteiger partial charge < -0.3 is 15.5 Å². The summed E-state index contributed by atoms with van der Waals surface area (Å²) in [7, 11) is 0. The first kappa shape index (κ1) is 16.7. The van der Waals surface area contributed by atoms with Crippen molar-refractivity contribution in [2.24, 2.45) is 0 Å². The second-order valence-corrected chi connectivity index (χ2v) is 4.49. The van der Waals surface area contributed by atoms with Gasteiger partial charge in [-0.05, 0) is 25.8 Å². The number of nitrogens with one attached hydrogen (secondary N) is 1. The van der Waals surface area contributed by atoms with Crippen molar-refractivity contribution in [1.29, 1.82) is 0 Å². The van der Waals surface area contributed by atoms with E-state index in [0.29, 0.717) is 13.0 Å². The molecule has 0 spiro atoms. The average molecular weight is 297 g/mol. The minimum Gasteiger partial charge on any atom is -0.481 e. The molecule has 0 aliphatic rings. The minimum atomic E-state index is -1.26. The van der Waals surface area contributed by atoms with Crippen molar-refractivity contribution >= 4 is 17.8 Å². The molecule has 1 rings (SSSR count). The first-order valence-electron chi connectivity index (χ1n) is 6.71. The third-order valence-electron chi connectivity index (χ3n) is 2.98. The molecular formula is C13H19N3O5. The van der Waals surface area contributed by atoms with Gasteiger partial charge in [-0.1, -0.05) is 6.92 Å². The fourth-order valence-electron chi connectivity index (χ4n) is 1.82. The number of hydrogen-bond donors (Lipinski definition) is 3. The van der Waals surface area contributed by atoms with Gasteiger partial charge in [-0.2, -0.15) is 5.10 Å². The van der Waals surface area contributed by atoms with Crippen molar-refractivity contribution in [2.45, 2.75) is 45.7 Å². The number of aryl methyl sites for hydroxylation is 2. The molecule has 3 N–H and O–H groups in total. The number of hydrogen-bond acceptors (Lipinski definition) is 4. The SMILES string of the molecule is CCc1cc(C(=O)N[C@@H](CCC(=O)O)C(=O)O)n(CC)n1. The first-order chi connectivity index (χ1) is 9.88. The van der Waals surface area contributed by atoms with Crippen LogP contribution >= 0.6 is 0 Å². The van der Waals surface area contributed by atoms with Gasteiger partial charge in [0.05, 0.1) is 5.69 Å². The van der Waals surface area contributed by atoms with Crippen LogP contribution in [0.5, 0.6) is 0 Å². The largest absolute Gasteiger partial charge is 0.481 e. The fourth-order valence-corrected chi connectivity index (χ4v) is 1.82. The van der Waals surface area contributed by atoms with E-state index in [4.69, 9.17) is 10.2 Å². The number of carboxylic acids is 2. The predicted octanol–water partition coefficient (Wildman–Crippen LogP) is 0.513. The Morgan fingerprint density at radius 1 is 1.33 bits per heavy atom. The van der Waals surface area contributed by atoms with E-state index < -0.39 is 23.9 Å². The number of aliphatic carboxylic acids is 2. The van der Waals surface area contributed by atoms with E-state index in [1.54, 1.807) is 6.07 Å². The zero-order valence-corrected chi connectivity index (χ0v) is 12.0. The van der Waals surface area contributed by atoms with Crippen LogP contribution in [0.4, 0.5) is 0 Å². The molecule has 0 aromatic carbocycles. The third-order valence-corrected chi connectivity index (χ3v) is 2.98. The summed E-state index contributed by atoms with van der Waals surface area (Å²) in [6.07, 6.45) is 0.163. The Labute approximate surface area is 121 Å². The molecule has 0 saturated carbocycles. The highest BCUT2D eigenvalue weighted by atomic mass is 16.4. The maximum atomic E-state index is 12.1. The Balaban J connectivity index is 2.83. The molecule has 0 radical (unpaired) electrons. The molecule has 8 nitrogen and oxygen atoms in total. The lowest BCUT2D eigenvalue weighted by Crippen LogP contribution is -2.41. The van der Waals surface area contributed by atoms with Crippen LogP contribution in [0.2, 0.25) is 0 Å². The van der Waals surface area contributed by atoms with Gasteiger partial charge in [0.1, 0.15) is 11.7 Å². The molecule has 21 heavy (non-hydrogen) atoms. The van der Waals surface area contributed by atoms with E-state index in [1.807, 2.05) is 13.8 Å². The monoisotopic (exact) mass is 297 g/mol.